The van der Waals surface area contributed by atoms with Crippen LogP contribution in [0.25, 0.3) is 6.08 Å². The van der Waals surface area contributed by atoms with Gasteiger partial charge in [-0.1, -0.05) is 0 Å². The molecule has 0 aliphatic rings. The number of non-ortho nitro benzene ring substituents is 1. The van der Waals surface area contributed by atoms with E-state index in [4.69, 9.17) is 4.74 Å². The molecule has 0 radical (unpaired) electrons. The lowest BCUT2D eigenvalue weighted by Crippen LogP contribution is -2.16. The number of nitro groups is 1. The van der Waals surface area contributed by atoms with Crippen LogP contribution in [0.2, 0.25) is 0 Å². The number of amides is 1. The highest BCUT2D eigenvalue weighted by molar-refractivity contribution is 7.99. The van der Waals surface area contributed by atoms with Crippen molar-refractivity contribution in [2.75, 3.05) is 11.9 Å². The number of carbonyl (C=O) groups excluding carboxylic acids is 2. The van der Waals surface area contributed by atoms with Crippen LogP contribution in [-0.4, -0.2) is 33.4 Å². The van der Waals surface area contributed by atoms with Crippen LogP contribution in [0.1, 0.15) is 44.7 Å². The van der Waals surface area contributed by atoms with E-state index in [1.54, 1.807) is 20.8 Å². The average molecular weight is 538 g/mol. The number of esters is 1. The number of carbonyl (C=O) groups is 2. The molecule has 10 nitrogen and oxygen atoms in total. The highest BCUT2D eigenvalue weighted by Crippen LogP contribution is 2.35. The number of aryl methyl sites for hydroxylation is 3. The largest absolute Gasteiger partial charge is 0.462 e. The van der Waals surface area contributed by atoms with Crippen molar-refractivity contribution in [3.05, 3.63) is 72.9 Å². The lowest BCUT2D eigenvalue weighted by atomic mass is 10.1. The van der Waals surface area contributed by atoms with E-state index in [0.717, 1.165) is 28.0 Å². The van der Waals surface area contributed by atoms with Crippen LogP contribution in [0.5, 0.6) is 0 Å². The van der Waals surface area contributed by atoms with Gasteiger partial charge in [0, 0.05) is 33.3 Å². The smallest absolute Gasteiger partial charge is 0.341 e. The number of aromatic nitrogens is 2. The first-order valence-corrected chi connectivity index (χ1v) is 12.7. The lowest BCUT2D eigenvalue weighted by Gasteiger charge is -2.09. The van der Waals surface area contributed by atoms with Crippen LogP contribution in [-0.2, 0) is 9.53 Å². The van der Waals surface area contributed by atoms with Gasteiger partial charge < -0.3 is 10.1 Å². The van der Waals surface area contributed by atoms with E-state index >= 15 is 0 Å². The highest BCUT2D eigenvalue weighted by Gasteiger charge is 2.23. The summed E-state index contributed by atoms with van der Waals surface area (Å²) in [5.74, 6) is -1.34. The number of hydrogen-bond acceptors (Lipinski definition) is 10. The van der Waals surface area contributed by atoms with Gasteiger partial charge in [-0.05, 0) is 75.7 Å². The van der Waals surface area contributed by atoms with E-state index in [2.05, 4.69) is 15.3 Å². The van der Waals surface area contributed by atoms with Gasteiger partial charge in [-0.15, -0.1) is 11.3 Å². The maximum atomic E-state index is 13.1. The van der Waals surface area contributed by atoms with E-state index in [-0.39, 0.29) is 34.0 Å². The second kappa shape index (κ2) is 11.8. The lowest BCUT2D eigenvalue weighted by molar-refractivity contribution is -0.384. The minimum Gasteiger partial charge on any atom is -0.462 e. The maximum absolute atomic E-state index is 13.1. The number of nitrogens with zero attached hydrogens (tertiary/aromatic N) is 4. The molecule has 12 heteroatoms. The van der Waals surface area contributed by atoms with Crippen molar-refractivity contribution in [2.24, 2.45) is 0 Å². The Hall–Kier alpha value is -4.08. The van der Waals surface area contributed by atoms with Crippen LogP contribution in [0.4, 0.5) is 10.7 Å². The summed E-state index contributed by atoms with van der Waals surface area (Å²) < 4.78 is 5.11. The maximum Gasteiger partial charge on any atom is 0.341 e. The van der Waals surface area contributed by atoms with Crippen molar-refractivity contribution < 1.29 is 19.2 Å². The number of thiophene rings is 1. The Balaban J connectivity index is 2.01. The average Bonchev–Trinajstić information content (AvgIpc) is 3.10. The summed E-state index contributed by atoms with van der Waals surface area (Å²) >= 11 is 2.35. The zero-order valence-corrected chi connectivity index (χ0v) is 22.4. The Morgan fingerprint density at radius 2 is 1.89 bits per heavy atom. The van der Waals surface area contributed by atoms with Gasteiger partial charge in [0.1, 0.15) is 16.6 Å². The fraction of sp³-hybridized carbons (Fsp3) is 0.240. The number of ether oxygens (including phenoxy) is 1. The quantitative estimate of drug-likeness (QED) is 0.0974. The molecule has 3 rings (SSSR count). The number of anilines is 1. The molecule has 0 saturated heterocycles. The van der Waals surface area contributed by atoms with Crippen molar-refractivity contribution in [3.8, 4) is 6.07 Å². The molecular weight excluding hydrogens is 514 g/mol. The zero-order valence-electron chi connectivity index (χ0n) is 20.7. The van der Waals surface area contributed by atoms with Crippen LogP contribution in [0.15, 0.2) is 39.9 Å². The highest BCUT2D eigenvalue weighted by atomic mass is 32.2. The third-order valence-electron chi connectivity index (χ3n) is 5.12. The summed E-state index contributed by atoms with van der Waals surface area (Å²) in [7, 11) is 0. The monoisotopic (exact) mass is 537 g/mol. The minimum absolute atomic E-state index is 0.168. The fourth-order valence-corrected chi connectivity index (χ4v) is 5.32. The van der Waals surface area contributed by atoms with Crippen molar-refractivity contribution >= 4 is 51.7 Å². The molecule has 0 fully saturated rings. The van der Waals surface area contributed by atoms with Gasteiger partial charge in [0.25, 0.3) is 11.6 Å². The van der Waals surface area contributed by atoms with Gasteiger partial charge in [0.15, 0.2) is 5.16 Å². The van der Waals surface area contributed by atoms with E-state index in [9.17, 15) is 25.0 Å². The standard InChI is InChI=1S/C25H23N5O5S2/c1-6-35-24(32)21-15(4)16(5)36-23(21)29-22(31)18(12-26)10-17-11-19(30(33)34)7-8-20(17)37-25-27-13(2)9-14(3)28-25/h7-11H,6H2,1-5H3,(H,29,31)/b18-10-. The van der Waals surface area contributed by atoms with Gasteiger partial charge in [-0.3, -0.25) is 14.9 Å². The van der Waals surface area contributed by atoms with Crippen LogP contribution in [0, 0.1) is 49.1 Å². The molecular formula is C25H23N5O5S2. The number of nitrogens with one attached hydrogen (secondary N) is 1. The van der Waals surface area contributed by atoms with Crippen molar-refractivity contribution in [3.63, 3.8) is 0 Å². The molecule has 0 saturated carbocycles. The summed E-state index contributed by atoms with van der Waals surface area (Å²) in [4.78, 5) is 46.4. The summed E-state index contributed by atoms with van der Waals surface area (Å²) in [6.45, 7) is 9.05. The Labute approximate surface area is 221 Å². The predicted molar refractivity (Wildman–Crippen MR) is 141 cm³/mol. The number of nitriles is 1. The van der Waals surface area contributed by atoms with Crippen molar-refractivity contribution in [1.82, 2.24) is 9.97 Å². The third-order valence-corrected chi connectivity index (χ3v) is 7.20. The van der Waals surface area contributed by atoms with Crippen LogP contribution >= 0.6 is 23.1 Å². The molecule has 2 aromatic heterocycles. The Morgan fingerprint density at radius 3 is 2.49 bits per heavy atom. The normalized spacial score (nSPS) is 11.1. The summed E-state index contributed by atoms with van der Waals surface area (Å²) in [6, 6.07) is 7.80. The molecule has 1 amide bonds. The molecule has 0 aliphatic carbocycles. The van der Waals surface area contributed by atoms with Gasteiger partial charge >= 0.3 is 5.97 Å². The molecule has 0 spiro atoms. The minimum atomic E-state index is -0.764. The van der Waals surface area contributed by atoms with Gasteiger partial charge in [0.2, 0.25) is 0 Å². The van der Waals surface area contributed by atoms with Gasteiger partial charge in [0.05, 0.1) is 17.1 Å². The van der Waals surface area contributed by atoms with E-state index in [0.29, 0.717) is 15.6 Å². The second-order valence-corrected chi connectivity index (χ2v) is 10.1. The molecule has 1 N–H and O–H groups in total. The first kappa shape index (κ1) is 27.5. The van der Waals surface area contributed by atoms with E-state index in [1.807, 2.05) is 26.0 Å². The van der Waals surface area contributed by atoms with Crippen LogP contribution in [0.3, 0.4) is 0 Å². The zero-order chi connectivity index (χ0) is 27.3. The number of hydrogen-bond donors (Lipinski definition) is 1. The first-order valence-electron chi connectivity index (χ1n) is 11.0. The second-order valence-electron chi connectivity index (χ2n) is 7.85. The topological polar surface area (TPSA) is 148 Å². The molecule has 3 aromatic rings. The molecule has 190 valence electrons. The Kier molecular flexibility index (Phi) is 8.75. The number of nitro benzene ring substituents is 1. The van der Waals surface area contributed by atoms with Gasteiger partial charge in [-0.25, -0.2) is 14.8 Å². The predicted octanol–water partition coefficient (Wildman–Crippen LogP) is 5.55. The van der Waals surface area contributed by atoms with E-state index < -0.39 is 16.8 Å². The molecule has 2 heterocycles. The molecule has 0 atom stereocenters. The summed E-state index contributed by atoms with van der Waals surface area (Å²) in [6.07, 6.45) is 1.27. The molecule has 1 aromatic carbocycles. The molecule has 37 heavy (non-hydrogen) atoms. The number of benzene rings is 1. The molecule has 0 aliphatic heterocycles. The Bertz CT molecular complexity index is 1450. The Morgan fingerprint density at radius 1 is 1.22 bits per heavy atom. The number of rotatable bonds is 8. The van der Waals surface area contributed by atoms with Crippen molar-refractivity contribution in [2.45, 2.75) is 44.7 Å². The van der Waals surface area contributed by atoms with Crippen LogP contribution < -0.4 is 5.32 Å². The van der Waals surface area contributed by atoms with E-state index in [1.165, 1.54) is 35.6 Å². The molecule has 0 unspecified atom stereocenters. The van der Waals surface area contributed by atoms with Gasteiger partial charge in [-0.2, -0.15) is 5.26 Å². The molecule has 0 bridgehead atoms. The first-order chi connectivity index (χ1) is 17.5. The van der Waals surface area contributed by atoms with Crippen molar-refractivity contribution in [1.29, 1.82) is 5.26 Å². The SMILES string of the molecule is CCOC(=O)c1c(NC(=O)/C(C#N)=C\c2cc([N+](=O)[O-])ccc2Sc2nc(C)cc(C)n2)sc(C)c1C. The summed E-state index contributed by atoms with van der Waals surface area (Å²) in [5, 5.41) is 24.5. The third kappa shape index (κ3) is 6.58. The fourth-order valence-electron chi connectivity index (χ4n) is 3.33. The summed E-state index contributed by atoms with van der Waals surface area (Å²) in [5.41, 5.74) is 2.18.